The van der Waals surface area contributed by atoms with Gasteiger partial charge in [-0.15, -0.1) is 0 Å². The predicted molar refractivity (Wildman–Crippen MR) is 98.9 cm³/mol. The third kappa shape index (κ3) is 3.16. The molecule has 1 unspecified atom stereocenters. The van der Waals surface area contributed by atoms with Crippen molar-refractivity contribution < 1.29 is 4.79 Å². The molecule has 0 heterocycles. The van der Waals surface area contributed by atoms with Crippen molar-refractivity contribution in [2.45, 2.75) is 51.5 Å². The SMILES string of the molecule is Cc1ccc(C(C)(C)C(=O)NC2CCCc3cc(N)ccc32)cc1. The van der Waals surface area contributed by atoms with Crippen LogP contribution in [0.15, 0.2) is 42.5 Å². The second-order valence-corrected chi connectivity index (χ2v) is 7.37. The first-order valence-corrected chi connectivity index (χ1v) is 8.64. The molecule has 1 amide bonds. The van der Waals surface area contributed by atoms with Gasteiger partial charge in [-0.05, 0) is 68.9 Å². The largest absolute Gasteiger partial charge is 0.399 e. The number of aryl methyl sites for hydroxylation is 2. The molecule has 3 nitrogen and oxygen atoms in total. The molecule has 3 rings (SSSR count). The fourth-order valence-corrected chi connectivity index (χ4v) is 3.42. The second-order valence-electron chi connectivity index (χ2n) is 7.37. The van der Waals surface area contributed by atoms with E-state index < -0.39 is 5.41 Å². The number of benzene rings is 2. The number of carbonyl (C=O) groups excluding carboxylic acids is 1. The maximum atomic E-state index is 13.0. The average Bonchev–Trinajstić information content (AvgIpc) is 2.55. The van der Waals surface area contributed by atoms with Gasteiger partial charge in [-0.1, -0.05) is 35.9 Å². The van der Waals surface area contributed by atoms with Crippen molar-refractivity contribution >= 4 is 11.6 Å². The molecule has 1 aliphatic carbocycles. The number of nitrogen functional groups attached to an aromatic ring is 1. The molecular formula is C21H26N2O. The highest BCUT2D eigenvalue weighted by atomic mass is 16.2. The van der Waals surface area contributed by atoms with Crippen LogP contribution in [-0.4, -0.2) is 5.91 Å². The number of rotatable bonds is 3. The number of amides is 1. The van der Waals surface area contributed by atoms with Crippen molar-refractivity contribution in [3.8, 4) is 0 Å². The maximum Gasteiger partial charge on any atom is 0.230 e. The van der Waals surface area contributed by atoms with Crippen LogP contribution in [0.4, 0.5) is 5.69 Å². The molecule has 0 fully saturated rings. The smallest absolute Gasteiger partial charge is 0.230 e. The van der Waals surface area contributed by atoms with Crippen LogP contribution in [0.2, 0.25) is 0 Å². The lowest BCUT2D eigenvalue weighted by Crippen LogP contribution is -2.42. The monoisotopic (exact) mass is 322 g/mol. The Morgan fingerprint density at radius 2 is 1.88 bits per heavy atom. The molecule has 0 saturated carbocycles. The number of nitrogens with one attached hydrogen (secondary N) is 1. The maximum absolute atomic E-state index is 13.0. The van der Waals surface area contributed by atoms with Gasteiger partial charge >= 0.3 is 0 Å². The van der Waals surface area contributed by atoms with Crippen LogP contribution in [0, 0.1) is 6.92 Å². The molecular weight excluding hydrogens is 296 g/mol. The summed E-state index contributed by atoms with van der Waals surface area (Å²) in [7, 11) is 0. The van der Waals surface area contributed by atoms with E-state index in [-0.39, 0.29) is 11.9 Å². The van der Waals surface area contributed by atoms with Crippen LogP contribution in [0.3, 0.4) is 0 Å². The average molecular weight is 322 g/mol. The summed E-state index contributed by atoms with van der Waals surface area (Å²) in [6, 6.07) is 14.3. The Labute approximate surface area is 144 Å². The van der Waals surface area contributed by atoms with E-state index in [0.717, 1.165) is 30.5 Å². The van der Waals surface area contributed by atoms with Crippen LogP contribution in [0.5, 0.6) is 0 Å². The van der Waals surface area contributed by atoms with Crippen molar-refractivity contribution in [1.82, 2.24) is 5.32 Å². The Hall–Kier alpha value is -2.29. The summed E-state index contributed by atoms with van der Waals surface area (Å²) >= 11 is 0. The molecule has 0 aliphatic heterocycles. The third-order valence-electron chi connectivity index (χ3n) is 5.13. The van der Waals surface area contributed by atoms with Gasteiger partial charge in [0.2, 0.25) is 5.91 Å². The molecule has 2 aromatic carbocycles. The number of hydrogen-bond donors (Lipinski definition) is 2. The zero-order chi connectivity index (χ0) is 17.3. The molecule has 1 aliphatic rings. The van der Waals surface area contributed by atoms with Crippen molar-refractivity contribution in [1.29, 1.82) is 0 Å². The highest BCUT2D eigenvalue weighted by Gasteiger charge is 2.32. The van der Waals surface area contributed by atoms with Crippen molar-refractivity contribution in [2.75, 3.05) is 5.73 Å². The molecule has 0 spiro atoms. The second kappa shape index (κ2) is 6.31. The van der Waals surface area contributed by atoms with Crippen LogP contribution >= 0.6 is 0 Å². The first-order chi connectivity index (χ1) is 11.4. The fraction of sp³-hybridized carbons (Fsp3) is 0.381. The molecule has 3 heteroatoms. The Bertz CT molecular complexity index is 747. The van der Waals surface area contributed by atoms with Crippen LogP contribution in [0.1, 0.15) is 55.0 Å². The molecule has 0 aromatic heterocycles. The number of anilines is 1. The molecule has 24 heavy (non-hydrogen) atoms. The number of nitrogens with two attached hydrogens (primary N) is 1. The zero-order valence-corrected chi connectivity index (χ0v) is 14.7. The van der Waals surface area contributed by atoms with E-state index in [1.54, 1.807) is 0 Å². The normalized spacial score (nSPS) is 17.2. The van der Waals surface area contributed by atoms with Crippen molar-refractivity contribution in [3.63, 3.8) is 0 Å². The Kier molecular flexibility index (Phi) is 4.35. The van der Waals surface area contributed by atoms with Crippen molar-refractivity contribution in [3.05, 3.63) is 64.7 Å². The van der Waals surface area contributed by atoms with Gasteiger partial charge in [0.15, 0.2) is 0 Å². The highest BCUT2D eigenvalue weighted by Crippen LogP contribution is 2.32. The van der Waals surface area contributed by atoms with Gasteiger partial charge in [0.25, 0.3) is 0 Å². The Morgan fingerprint density at radius 1 is 1.17 bits per heavy atom. The van der Waals surface area contributed by atoms with Gasteiger partial charge < -0.3 is 11.1 Å². The topological polar surface area (TPSA) is 55.1 Å². The lowest BCUT2D eigenvalue weighted by Gasteiger charge is -2.31. The van der Waals surface area contributed by atoms with Gasteiger partial charge in [-0.25, -0.2) is 0 Å². The standard InChI is InChI=1S/C21H26N2O/c1-14-7-9-16(10-8-14)21(2,3)20(24)23-19-6-4-5-15-13-17(22)11-12-18(15)19/h7-13,19H,4-6,22H2,1-3H3,(H,23,24). The summed E-state index contributed by atoms with van der Waals surface area (Å²) in [6.07, 6.45) is 3.09. The summed E-state index contributed by atoms with van der Waals surface area (Å²) in [5.41, 5.74) is 10.9. The van der Waals surface area contributed by atoms with Gasteiger partial charge in [0.05, 0.1) is 11.5 Å². The van der Waals surface area contributed by atoms with E-state index in [9.17, 15) is 4.79 Å². The van der Waals surface area contributed by atoms with E-state index in [4.69, 9.17) is 5.73 Å². The summed E-state index contributed by atoms with van der Waals surface area (Å²) in [5, 5.41) is 3.27. The lowest BCUT2D eigenvalue weighted by atomic mass is 9.81. The number of carbonyl (C=O) groups is 1. The van der Waals surface area contributed by atoms with Crippen molar-refractivity contribution in [2.24, 2.45) is 0 Å². The van der Waals surface area contributed by atoms with Crippen LogP contribution < -0.4 is 11.1 Å². The van der Waals surface area contributed by atoms with E-state index in [1.807, 2.05) is 38.1 Å². The van der Waals surface area contributed by atoms with Gasteiger partial charge in [-0.3, -0.25) is 4.79 Å². The Morgan fingerprint density at radius 3 is 2.58 bits per heavy atom. The highest BCUT2D eigenvalue weighted by molar-refractivity contribution is 5.87. The minimum Gasteiger partial charge on any atom is -0.399 e. The first kappa shape index (κ1) is 16.6. The van der Waals surface area contributed by atoms with Gasteiger partial charge in [0.1, 0.15) is 0 Å². The molecule has 0 saturated heterocycles. The fourth-order valence-electron chi connectivity index (χ4n) is 3.42. The molecule has 0 bridgehead atoms. The number of fused-ring (bicyclic) bond motifs is 1. The molecule has 1 atom stereocenters. The summed E-state index contributed by atoms with van der Waals surface area (Å²) in [6.45, 7) is 6.03. The predicted octanol–water partition coefficient (Wildman–Crippen LogP) is 4.05. The minimum atomic E-state index is -0.556. The first-order valence-electron chi connectivity index (χ1n) is 8.64. The van der Waals surface area contributed by atoms with E-state index in [2.05, 4.69) is 30.4 Å². The minimum absolute atomic E-state index is 0.0704. The molecule has 0 radical (unpaired) electrons. The number of hydrogen-bond acceptors (Lipinski definition) is 2. The molecule has 126 valence electrons. The van der Waals surface area contributed by atoms with E-state index >= 15 is 0 Å². The molecule has 2 aromatic rings. The van der Waals surface area contributed by atoms with E-state index in [0.29, 0.717) is 0 Å². The van der Waals surface area contributed by atoms with E-state index in [1.165, 1.54) is 16.7 Å². The van der Waals surface area contributed by atoms with Gasteiger partial charge in [0, 0.05) is 5.69 Å². The lowest BCUT2D eigenvalue weighted by molar-refractivity contribution is -0.126. The quantitative estimate of drug-likeness (QED) is 0.838. The van der Waals surface area contributed by atoms with Gasteiger partial charge in [-0.2, -0.15) is 0 Å². The third-order valence-corrected chi connectivity index (χ3v) is 5.13. The molecule has 3 N–H and O–H groups in total. The summed E-state index contributed by atoms with van der Waals surface area (Å²) < 4.78 is 0. The van der Waals surface area contributed by atoms with Crippen LogP contribution in [-0.2, 0) is 16.6 Å². The zero-order valence-electron chi connectivity index (χ0n) is 14.7. The summed E-state index contributed by atoms with van der Waals surface area (Å²) in [5.74, 6) is 0.0704. The van der Waals surface area contributed by atoms with Crippen LogP contribution in [0.25, 0.3) is 0 Å². The summed E-state index contributed by atoms with van der Waals surface area (Å²) in [4.78, 5) is 13.0. The Balaban J connectivity index is 1.81.